The van der Waals surface area contributed by atoms with Crippen LogP contribution in [-0.4, -0.2) is 29.7 Å². The minimum atomic E-state index is 0.138. The van der Waals surface area contributed by atoms with Crippen LogP contribution in [0.3, 0.4) is 0 Å². The number of likely N-dealkylation sites (tertiary alicyclic amines) is 1. The lowest BCUT2D eigenvalue weighted by molar-refractivity contribution is 0.176. The number of hydrogen-bond acceptors (Lipinski definition) is 2. The van der Waals surface area contributed by atoms with Gasteiger partial charge in [-0.1, -0.05) is 37.0 Å². The van der Waals surface area contributed by atoms with Crippen molar-refractivity contribution < 1.29 is 5.11 Å². The van der Waals surface area contributed by atoms with Gasteiger partial charge in [0.2, 0.25) is 0 Å². The minimum absolute atomic E-state index is 0.138. The molecule has 0 aliphatic carbocycles. The van der Waals surface area contributed by atoms with Crippen molar-refractivity contribution in [1.29, 1.82) is 0 Å². The van der Waals surface area contributed by atoms with Crippen molar-refractivity contribution in [1.82, 2.24) is 4.90 Å². The molecule has 1 atom stereocenters. The summed E-state index contributed by atoms with van der Waals surface area (Å²) in [7, 11) is 0. The smallest absolute Gasteiger partial charge is 0.0540 e. The number of nitrogens with zero attached hydrogens (tertiary/aromatic N) is 1. The average Bonchev–Trinajstić information content (AvgIpc) is 2.41. The predicted molar refractivity (Wildman–Crippen MR) is 78.7 cm³/mol. The summed E-state index contributed by atoms with van der Waals surface area (Å²) in [4.78, 5) is 2.53. The Kier molecular flexibility index (Phi) is 5.44. The molecular weight excluding hydrogens is 234 g/mol. The molecular formula is C17H23NO. The topological polar surface area (TPSA) is 23.5 Å². The first-order valence-electron chi connectivity index (χ1n) is 7.19. The van der Waals surface area contributed by atoms with Gasteiger partial charge in [0, 0.05) is 25.1 Å². The molecule has 2 heteroatoms. The molecule has 1 fully saturated rings. The van der Waals surface area contributed by atoms with Gasteiger partial charge in [-0.05, 0) is 36.9 Å². The number of rotatable bonds is 3. The zero-order valence-electron chi connectivity index (χ0n) is 11.7. The summed E-state index contributed by atoms with van der Waals surface area (Å²) < 4.78 is 0. The first-order chi connectivity index (χ1) is 9.29. The number of benzene rings is 1. The summed E-state index contributed by atoms with van der Waals surface area (Å²) in [6.07, 6.45) is 3.21. The van der Waals surface area contributed by atoms with Crippen LogP contribution in [0.5, 0.6) is 0 Å². The molecule has 0 bridgehead atoms. The number of aliphatic hydroxyl groups is 1. The first kappa shape index (κ1) is 14.1. The van der Waals surface area contributed by atoms with Crippen LogP contribution in [0.2, 0.25) is 0 Å². The Morgan fingerprint density at radius 1 is 1.37 bits per heavy atom. The van der Waals surface area contributed by atoms with Crippen LogP contribution in [0, 0.1) is 17.8 Å². The molecule has 0 amide bonds. The molecule has 0 saturated carbocycles. The molecule has 1 aromatic rings. The summed E-state index contributed by atoms with van der Waals surface area (Å²) in [5, 5.41) is 8.79. The van der Waals surface area contributed by atoms with Gasteiger partial charge < -0.3 is 5.11 Å². The molecule has 102 valence electrons. The van der Waals surface area contributed by atoms with Crippen molar-refractivity contribution in [3.05, 3.63) is 35.4 Å². The molecule has 2 nitrogen and oxygen atoms in total. The highest BCUT2D eigenvalue weighted by Crippen LogP contribution is 2.19. The maximum Gasteiger partial charge on any atom is 0.0540 e. The van der Waals surface area contributed by atoms with E-state index in [2.05, 4.69) is 41.9 Å². The van der Waals surface area contributed by atoms with Crippen molar-refractivity contribution in [2.24, 2.45) is 5.92 Å². The standard InChI is InChI=1S/C17H23NO/c1-15-7-6-11-18(13-15)14-17-10-3-2-8-16(17)9-4-5-12-19/h2-3,8,10,15,19H,5-7,11-14H2,1H3. The van der Waals surface area contributed by atoms with Gasteiger partial charge in [0.1, 0.15) is 0 Å². The second-order valence-electron chi connectivity index (χ2n) is 5.42. The Bertz CT molecular complexity index is 458. The highest BCUT2D eigenvalue weighted by Gasteiger charge is 2.16. The normalized spacial score (nSPS) is 19.8. The van der Waals surface area contributed by atoms with E-state index in [0.717, 1.165) is 18.0 Å². The van der Waals surface area contributed by atoms with Crippen LogP contribution in [0.1, 0.15) is 37.3 Å². The minimum Gasteiger partial charge on any atom is -0.395 e. The van der Waals surface area contributed by atoms with E-state index in [4.69, 9.17) is 5.11 Å². The van der Waals surface area contributed by atoms with Crippen LogP contribution >= 0.6 is 0 Å². The molecule has 1 saturated heterocycles. The number of aliphatic hydroxyl groups excluding tert-OH is 1. The molecule has 1 aromatic carbocycles. The van der Waals surface area contributed by atoms with E-state index in [-0.39, 0.29) is 6.61 Å². The summed E-state index contributed by atoms with van der Waals surface area (Å²) in [6, 6.07) is 8.36. The first-order valence-corrected chi connectivity index (χ1v) is 7.19. The molecule has 0 aromatic heterocycles. The van der Waals surface area contributed by atoms with Crippen molar-refractivity contribution in [3.8, 4) is 11.8 Å². The maximum absolute atomic E-state index is 8.79. The van der Waals surface area contributed by atoms with Crippen molar-refractivity contribution in [3.63, 3.8) is 0 Å². The Balaban J connectivity index is 2.05. The number of hydrogen-bond donors (Lipinski definition) is 1. The van der Waals surface area contributed by atoms with Crippen molar-refractivity contribution in [2.45, 2.75) is 32.7 Å². The van der Waals surface area contributed by atoms with E-state index in [9.17, 15) is 0 Å². The highest BCUT2D eigenvalue weighted by atomic mass is 16.2. The van der Waals surface area contributed by atoms with Gasteiger partial charge in [0.15, 0.2) is 0 Å². The Morgan fingerprint density at radius 2 is 2.21 bits per heavy atom. The fraction of sp³-hybridized carbons (Fsp3) is 0.529. The lowest BCUT2D eigenvalue weighted by atomic mass is 9.99. The molecule has 1 N–H and O–H groups in total. The fourth-order valence-electron chi connectivity index (χ4n) is 2.66. The fourth-order valence-corrected chi connectivity index (χ4v) is 2.66. The van der Waals surface area contributed by atoms with E-state index in [1.54, 1.807) is 0 Å². The van der Waals surface area contributed by atoms with Crippen LogP contribution in [0.15, 0.2) is 24.3 Å². The summed E-state index contributed by atoms with van der Waals surface area (Å²) in [5.41, 5.74) is 2.41. The monoisotopic (exact) mass is 257 g/mol. The van der Waals surface area contributed by atoms with E-state index >= 15 is 0 Å². The van der Waals surface area contributed by atoms with E-state index in [1.165, 1.54) is 31.5 Å². The maximum atomic E-state index is 8.79. The second-order valence-corrected chi connectivity index (χ2v) is 5.42. The summed E-state index contributed by atoms with van der Waals surface area (Å²) >= 11 is 0. The summed E-state index contributed by atoms with van der Waals surface area (Å²) in [5.74, 6) is 7.00. The van der Waals surface area contributed by atoms with Crippen molar-refractivity contribution in [2.75, 3.05) is 19.7 Å². The SMILES string of the molecule is CC1CCCN(Cc2ccccc2C#CCCO)C1. The Morgan fingerprint density at radius 3 is 3.00 bits per heavy atom. The third-order valence-electron chi connectivity index (χ3n) is 3.61. The molecule has 1 aliphatic heterocycles. The van der Waals surface area contributed by atoms with E-state index in [1.807, 2.05) is 6.07 Å². The van der Waals surface area contributed by atoms with E-state index < -0.39 is 0 Å². The largest absolute Gasteiger partial charge is 0.395 e. The third-order valence-corrected chi connectivity index (χ3v) is 3.61. The van der Waals surface area contributed by atoms with Crippen LogP contribution in [0.4, 0.5) is 0 Å². The third kappa shape index (κ3) is 4.38. The molecule has 2 rings (SSSR count). The van der Waals surface area contributed by atoms with Gasteiger partial charge in [-0.25, -0.2) is 0 Å². The quantitative estimate of drug-likeness (QED) is 0.842. The lowest BCUT2D eigenvalue weighted by Gasteiger charge is -2.31. The molecule has 1 aliphatic rings. The van der Waals surface area contributed by atoms with Gasteiger partial charge in [-0.3, -0.25) is 4.90 Å². The summed E-state index contributed by atoms with van der Waals surface area (Å²) in [6.45, 7) is 5.85. The molecule has 0 radical (unpaired) electrons. The van der Waals surface area contributed by atoms with Crippen LogP contribution in [0.25, 0.3) is 0 Å². The molecule has 19 heavy (non-hydrogen) atoms. The molecule has 0 spiro atoms. The zero-order chi connectivity index (χ0) is 13.5. The van der Waals surface area contributed by atoms with Crippen LogP contribution < -0.4 is 0 Å². The predicted octanol–water partition coefficient (Wildman–Crippen LogP) is 2.65. The van der Waals surface area contributed by atoms with Gasteiger partial charge in [0.25, 0.3) is 0 Å². The Labute approximate surface area is 116 Å². The lowest BCUT2D eigenvalue weighted by Crippen LogP contribution is -2.33. The molecule has 1 unspecified atom stereocenters. The van der Waals surface area contributed by atoms with Gasteiger partial charge >= 0.3 is 0 Å². The molecule has 1 heterocycles. The van der Waals surface area contributed by atoms with Gasteiger partial charge in [0.05, 0.1) is 6.61 Å². The highest BCUT2D eigenvalue weighted by molar-refractivity contribution is 5.41. The van der Waals surface area contributed by atoms with E-state index in [0.29, 0.717) is 6.42 Å². The van der Waals surface area contributed by atoms with Crippen LogP contribution in [-0.2, 0) is 6.54 Å². The van der Waals surface area contributed by atoms with Gasteiger partial charge in [-0.2, -0.15) is 0 Å². The van der Waals surface area contributed by atoms with Crippen molar-refractivity contribution >= 4 is 0 Å². The average molecular weight is 257 g/mol. The number of piperidine rings is 1. The van der Waals surface area contributed by atoms with Gasteiger partial charge in [-0.15, -0.1) is 0 Å². The zero-order valence-corrected chi connectivity index (χ0v) is 11.7. The second kappa shape index (κ2) is 7.33. The Hall–Kier alpha value is -1.30.